The van der Waals surface area contributed by atoms with Crippen LogP contribution in [0.15, 0.2) is 0 Å². The Hall–Kier alpha value is -0.0800. The molecule has 0 saturated carbocycles. The molecule has 1 aliphatic heterocycles. The molecule has 0 aromatic rings. The molecule has 1 aliphatic rings. The van der Waals surface area contributed by atoms with Gasteiger partial charge >= 0.3 is 0 Å². The third kappa shape index (κ3) is 4.52. The molecular formula is C13H28N2. The summed E-state index contributed by atoms with van der Waals surface area (Å²) in [5, 5.41) is 3.45. The van der Waals surface area contributed by atoms with E-state index in [-0.39, 0.29) is 0 Å². The van der Waals surface area contributed by atoms with Gasteiger partial charge in [-0.05, 0) is 20.3 Å². The molecule has 0 amide bonds. The van der Waals surface area contributed by atoms with Crippen molar-refractivity contribution in [1.29, 1.82) is 0 Å². The molecular weight excluding hydrogens is 184 g/mol. The SMILES string of the molecule is CCCCCC[C@@H](C)N1CCNC[C@H]1C. The van der Waals surface area contributed by atoms with Crippen LogP contribution >= 0.6 is 0 Å². The van der Waals surface area contributed by atoms with Crippen molar-refractivity contribution in [3.8, 4) is 0 Å². The van der Waals surface area contributed by atoms with E-state index in [0.29, 0.717) is 0 Å². The zero-order valence-corrected chi connectivity index (χ0v) is 10.8. The molecule has 0 unspecified atom stereocenters. The fraction of sp³-hybridized carbons (Fsp3) is 1.00. The molecule has 0 bridgehead atoms. The summed E-state index contributed by atoms with van der Waals surface area (Å²) in [5.74, 6) is 0. The topological polar surface area (TPSA) is 15.3 Å². The lowest BCUT2D eigenvalue weighted by Crippen LogP contribution is -2.53. The van der Waals surface area contributed by atoms with Crippen LogP contribution in [0.3, 0.4) is 0 Å². The highest BCUT2D eigenvalue weighted by molar-refractivity contribution is 4.80. The Morgan fingerprint density at radius 2 is 2.13 bits per heavy atom. The van der Waals surface area contributed by atoms with Crippen molar-refractivity contribution in [2.45, 2.75) is 65.0 Å². The first kappa shape index (κ1) is 13.0. The fourth-order valence-corrected chi connectivity index (χ4v) is 2.54. The Kier molecular flexibility index (Phi) is 6.26. The standard InChI is InChI=1S/C13H28N2/c1-4-5-6-7-8-12(2)15-10-9-14-11-13(15)3/h12-14H,4-11H2,1-3H3/t12-,13-/m1/s1. The molecule has 1 saturated heterocycles. The van der Waals surface area contributed by atoms with Gasteiger partial charge in [0, 0.05) is 31.7 Å². The van der Waals surface area contributed by atoms with E-state index in [1.807, 2.05) is 0 Å². The Bertz CT molecular complexity index is 159. The second-order valence-electron chi connectivity index (χ2n) is 4.99. The minimum Gasteiger partial charge on any atom is -0.314 e. The third-order valence-electron chi connectivity index (χ3n) is 3.59. The van der Waals surface area contributed by atoms with Gasteiger partial charge in [0.1, 0.15) is 0 Å². The number of nitrogens with one attached hydrogen (secondary N) is 1. The first-order valence-electron chi connectivity index (χ1n) is 6.72. The van der Waals surface area contributed by atoms with Gasteiger partial charge in [0.05, 0.1) is 0 Å². The van der Waals surface area contributed by atoms with Crippen molar-refractivity contribution >= 4 is 0 Å². The zero-order valence-electron chi connectivity index (χ0n) is 10.8. The Morgan fingerprint density at radius 3 is 2.80 bits per heavy atom. The van der Waals surface area contributed by atoms with Crippen molar-refractivity contribution in [3.05, 3.63) is 0 Å². The summed E-state index contributed by atoms with van der Waals surface area (Å²) in [5.41, 5.74) is 0. The smallest absolute Gasteiger partial charge is 0.0195 e. The van der Waals surface area contributed by atoms with Crippen LogP contribution in [0, 0.1) is 0 Å². The molecule has 1 heterocycles. The predicted octanol–water partition coefficient (Wildman–Crippen LogP) is 2.64. The van der Waals surface area contributed by atoms with Crippen molar-refractivity contribution in [2.75, 3.05) is 19.6 Å². The Balaban J connectivity index is 2.16. The zero-order chi connectivity index (χ0) is 11.1. The third-order valence-corrected chi connectivity index (χ3v) is 3.59. The predicted molar refractivity (Wildman–Crippen MR) is 67.3 cm³/mol. The Labute approximate surface area is 95.4 Å². The molecule has 15 heavy (non-hydrogen) atoms. The number of rotatable bonds is 6. The molecule has 0 aliphatic carbocycles. The van der Waals surface area contributed by atoms with E-state index in [2.05, 4.69) is 31.0 Å². The molecule has 0 radical (unpaired) electrons. The van der Waals surface area contributed by atoms with Crippen LogP contribution in [0.25, 0.3) is 0 Å². The van der Waals surface area contributed by atoms with E-state index in [0.717, 1.165) is 12.1 Å². The van der Waals surface area contributed by atoms with E-state index in [1.165, 1.54) is 51.7 Å². The largest absolute Gasteiger partial charge is 0.314 e. The molecule has 0 spiro atoms. The van der Waals surface area contributed by atoms with Crippen LogP contribution in [0.1, 0.15) is 52.9 Å². The summed E-state index contributed by atoms with van der Waals surface area (Å²) in [6, 6.07) is 1.50. The summed E-state index contributed by atoms with van der Waals surface area (Å²) < 4.78 is 0. The highest BCUT2D eigenvalue weighted by Gasteiger charge is 2.22. The highest BCUT2D eigenvalue weighted by atomic mass is 15.2. The van der Waals surface area contributed by atoms with Crippen molar-refractivity contribution in [3.63, 3.8) is 0 Å². The van der Waals surface area contributed by atoms with E-state index in [4.69, 9.17) is 0 Å². The monoisotopic (exact) mass is 212 g/mol. The molecule has 90 valence electrons. The summed E-state index contributed by atoms with van der Waals surface area (Å²) >= 11 is 0. The van der Waals surface area contributed by atoms with Crippen LogP contribution in [0.2, 0.25) is 0 Å². The van der Waals surface area contributed by atoms with Gasteiger partial charge in [-0.2, -0.15) is 0 Å². The minimum absolute atomic E-state index is 0.722. The lowest BCUT2D eigenvalue weighted by atomic mass is 10.0. The van der Waals surface area contributed by atoms with E-state index >= 15 is 0 Å². The molecule has 2 atom stereocenters. The second kappa shape index (κ2) is 7.24. The normalized spacial score (nSPS) is 25.4. The van der Waals surface area contributed by atoms with Crippen LogP contribution in [0.4, 0.5) is 0 Å². The maximum atomic E-state index is 3.45. The van der Waals surface area contributed by atoms with E-state index < -0.39 is 0 Å². The maximum Gasteiger partial charge on any atom is 0.0195 e. The molecule has 2 nitrogen and oxygen atoms in total. The summed E-state index contributed by atoms with van der Waals surface area (Å²) in [4.78, 5) is 2.67. The van der Waals surface area contributed by atoms with Gasteiger partial charge in [0.2, 0.25) is 0 Å². The van der Waals surface area contributed by atoms with E-state index in [9.17, 15) is 0 Å². The van der Waals surface area contributed by atoms with Gasteiger partial charge in [0.15, 0.2) is 0 Å². The summed E-state index contributed by atoms with van der Waals surface area (Å²) in [7, 11) is 0. The van der Waals surface area contributed by atoms with Gasteiger partial charge in [-0.15, -0.1) is 0 Å². The minimum atomic E-state index is 0.722. The first-order chi connectivity index (χ1) is 7.25. The van der Waals surface area contributed by atoms with Crippen molar-refractivity contribution in [1.82, 2.24) is 10.2 Å². The second-order valence-corrected chi connectivity index (χ2v) is 4.99. The lowest BCUT2D eigenvalue weighted by Gasteiger charge is -2.38. The fourth-order valence-electron chi connectivity index (χ4n) is 2.54. The van der Waals surface area contributed by atoms with Gasteiger partial charge < -0.3 is 5.32 Å². The summed E-state index contributed by atoms with van der Waals surface area (Å²) in [6.07, 6.45) is 6.96. The van der Waals surface area contributed by atoms with Gasteiger partial charge in [-0.1, -0.05) is 32.6 Å². The molecule has 1 fully saturated rings. The van der Waals surface area contributed by atoms with Crippen LogP contribution in [-0.2, 0) is 0 Å². The molecule has 1 rings (SSSR count). The quantitative estimate of drug-likeness (QED) is 0.681. The molecule has 0 aromatic heterocycles. The number of nitrogens with zero attached hydrogens (tertiary/aromatic N) is 1. The summed E-state index contributed by atoms with van der Waals surface area (Å²) in [6.45, 7) is 10.6. The maximum absolute atomic E-state index is 3.45. The Morgan fingerprint density at radius 1 is 1.33 bits per heavy atom. The molecule has 1 N–H and O–H groups in total. The highest BCUT2D eigenvalue weighted by Crippen LogP contribution is 2.14. The van der Waals surface area contributed by atoms with Gasteiger partial charge in [-0.25, -0.2) is 0 Å². The first-order valence-corrected chi connectivity index (χ1v) is 6.72. The van der Waals surface area contributed by atoms with Crippen LogP contribution in [-0.4, -0.2) is 36.6 Å². The van der Waals surface area contributed by atoms with Crippen molar-refractivity contribution < 1.29 is 0 Å². The number of hydrogen-bond acceptors (Lipinski definition) is 2. The lowest BCUT2D eigenvalue weighted by molar-refractivity contribution is 0.118. The molecule has 0 aromatic carbocycles. The van der Waals surface area contributed by atoms with Gasteiger partial charge in [-0.3, -0.25) is 4.90 Å². The average molecular weight is 212 g/mol. The average Bonchev–Trinajstić information content (AvgIpc) is 2.25. The van der Waals surface area contributed by atoms with E-state index in [1.54, 1.807) is 0 Å². The van der Waals surface area contributed by atoms with Crippen LogP contribution in [0.5, 0.6) is 0 Å². The molecule has 2 heteroatoms. The number of piperazine rings is 1. The van der Waals surface area contributed by atoms with Crippen molar-refractivity contribution in [2.24, 2.45) is 0 Å². The number of unbranched alkanes of at least 4 members (excludes halogenated alkanes) is 3. The van der Waals surface area contributed by atoms with Gasteiger partial charge in [0.25, 0.3) is 0 Å². The van der Waals surface area contributed by atoms with Crippen LogP contribution < -0.4 is 5.32 Å². The number of hydrogen-bond donors (Lipinski definition) is 1.